The van der Waals surface area contributed by atoms with Gasteiger partial charge in [0.15, 0.2) is 0 Å². The normalized spacial score (nSPS) is 18.5. The van der Waals surface area contributed by atoms with E-state index in [2.05, 4.69) is 5.32 Å². The van der Waals surface area contributed by atoms with E-state index in [0.29, 0.717) is 25.9 Å². The molecule has 1 saturated heterocycles. The van der Waals surface area contributed by atoms with Crippen LogP contribution in [-0.4, -0.2) is 50.1 Å². The van der Waals surface area contributed by atoms with Crippen molar-refractivity contribution in [3.63, 3.8) is 0 Å². The SMILES string of the molecule is CC[C@H](NC(=O)C1CCN(S(=O)(=O)N(C)C)CC1)c1ccccc1. The molecule has 1 N–H and O–H groups in total. The predicted octanol–water partition coefficient (Wildman–Crippen LogP) is 1.77. The molecule has 1 amide bonds. The van der Waals surface area contributed by atoms with Gasteiger partial charge in [0.25, 0.3) is 10.2 Å². The predicted molar refractivity (Wildman–Crippen MR) is 94.5 cm³/mol. The lowest BCUT2D eigenvalue weighted by Crippen LogP contribution is -2.47. The number of carbonyl (C=O) groups excluding carboxylic acids is 1. The van der Waals surface area contributed by atoms with Crippen LogP contribution in [-0.2, 0) is 15.0 Å². The second kappa shape index (κ2) is 8.09. The molecule has 1 heterocycles. The number of nitrogens with zero attached hydrogens (tertiary/aromatic N) is 2. The van der Waals surface area contributed by atoms with Gasteiger partial charge in [-0.15, -0.1) is 0 Å². The summed E-state index contributed by atoms with van der Waals surface area (Å²) in [7, 11) is -0.330. The number of benzene rings is 1. The average molecular weight is 353 g/mol. The van der Waals surface area contributed by atoms with Crippen LogP contribution in [0.3, 0.4) is 0 Å². The monoisotopic (exact) mass is 353 g/mol. The van der Waals surface area contributed by atoms with Crippen molar-refractivity contribution >= 4 is 16.1 Å². The number of carbonyl (C=O) groups is 1. The Morgan fingerprint density at radius 3 is 2.33 bits per heavy atom. The topological polar surface area (TPSA) is 69.7 Å². The summed E-state index contributed by atoms with van der Waals surface area (Å²) in [6.45, 7) is 2.83. The summed E-state index contributed by atoms with van der Waals surface area (Å²) in [5, 5.41) is 3.11. The maximum absolute atomic E-state index is 12.5. The molecule has 0 spiro atoms. The maximum Gasteiger partial charge on any atom is 0.281 e. The van der Waals surface area contributed by atoms with Crippen molar-refractivity contribution in [2.45, 2.75) is 32.2 Å². The number of piperidine rings is 1. The van der Waals surface area contributed by atoms with E-state index in [0.717, 1.165) is 12.0 Å². The van der Waals surface area contributed by atoms with Crippen molar-refractivity contribution in [2.75, 3.05) is 27.2 Å². The van der Waals surface area contributed by atoms with Gasteiger partial charge in [-0.25, -0.2) is 0 Å². The third-order valence-electron chi connectivity index (χ3n) is 4.54. The van der Waals surface area contributed by atoms with Crippen molar-refractivity contribution in [3.05, 3.63) is 35.9 Å². The van der Waals surface area contributed by atoms with Crippen LogP contribution in [0.25, 0.3) is 0 Å². The van der Waals surface area contributed by atoms with E-state index in [1.54, 1.807) is 0 Å². The van der Waals surface area contributed by atoms with Crippen LogP contribution in [0.2, 0.25) is 0 Å². The van der Waals surface area contributed by atoms with E-state index in [1.165, 1.54) is 22.7 Å². The Hall–Kier alpha value is -1.44. The molecule has 24 heavy (non-hydrogen) atoms. The Kier molecular flexibility index (Phi) is 6.37. The van der Waals surface area contributed by atoms with Crippen LogP contribution in [0.5, 0.6) is 0 Å². The first kappa shape index (κ1) is 18.9. The van der Waals surface area contributed by atoms with E-state index in [1.807, 2.05) is 37.3 Å². The Bertz CT molecular complexity index is 638. The number of hydrogen-bond acceptors (Lipinski definition) is 3. The molecular formula is C17H27N3O3S. The van der Waals surface area contributed by atoms with Crippen molar-refractivity contribution in [1.82, 2.24) is 13.9 Å². The Balaban J connectivity index is 1.93. The molecule has 1 aromatic carbocycles. The summed E-state index contributed by atoms with van der Waals surface area (Å²) >= 11 is 0. The minimum atomic E-state index is -3.38. The van der Waals surface area contributed by atoms with Crippen LogP contribution < -0.4 is 5.32 Å². The van der Waals surface area contributed by atoms with Gasteiger partial charge in [0.2, 0.25) is 5.91 Å². The lowest BCUT2D eigenvalue weighted by Gasteiger charge is -2.32. The Labute approximate surface area is 145 Å². The van der Waals surface area contributed by atoms with Gasteiger partial charge < -0.3 is 5.32 Å². The molecule has 0 aliphatic carbocycles. The van der Waals surface area contributed by atoms with Crippen LogP contribution in [0, 0.1) is 5.92 Å². The summed E-state index contributed by atoms with van der Waals surface area (Å²) in [4.78, 5) is 12.5. The third-order valence-corrected chi connectivity index (χ3v) is 6.48. The largest absolute Gasteiger partial charge is 0.349 e. The molecule has 7 heteroatoms. The quantitative estimate of drug-likeness (QED) is 0.847. The fourth-order valence-electron chi connectivity index (χ4n) is 2.98. The van der Waals surface area contributed by atoms with Gasteiger partial charge >= 0.3 is 0 Å². The van der Waals surface area contributed by atoms with E-state index >= 15 is 0 Å². The van der Waals surface area contributed by atoms with Crippen LogP contribution in [0.4, 0.5) is 0 Å². The standard InChI is InChI=1S/C17H27N3O3S/c1-4-16(14-8-6-5-7-9-14)18-17(21)15-10-12-20(13-11-15)24(22,23)19(2)3/h5-9,15-16H,4,10-13H2,1-3H3,(H,18,21)/t16-/m0/s1. The first-order valence-electron chi connectivity index (χ1n) is 8.39. The summed E-state index contributed by atoms with van der Waals surface area (Å²) < 4.78 is 26.9. The number of rotatable bonds is 6. The van der Waals surface area contributed by atoms with Crippen molar-refractivity contribution in [3.8, 4) is 0 Å². The molecule has 0 unspecified atom stereocenters. The highest BCUT2D eigenvalue weighted by molar-refractivity contribution is 7.86. The minimum Gasteiger partial charge on any atom is -0.349 e. The fraction of sp³-hybridized carbons (Fsp3) is 0.588. The molecule has 1 fully saturated rings. The van der Waals surface area contributed by atoms with Crippen molar-refractivity contribution in [2.24, 2.45) is 5.92 Å². The molecule has 134 valence electrons. The summed E-state index contributed by atoms with van der Waals surface area (Å²) in [5.74, 6) is -0.107. The van der Waals surface area contributed by atoms with Gasteiger partial charge in [0, 0.05) is 33.1 Å². The zero-order chi connectivity index (χ0) is 17.7. The molecule has 0 radical (unpaired) electrons. The molecule has 0 bridgehead atoms. The van der Waals surface area contributed by atoms with Crippen LogP contribution in [0.15, 0.2) is 30.3 Å². The Morgan fingerprint density at radius 1 is 1.25 bits per heavy atom. The van der Waals surface area contributed by atoms with Crippen LogP contribution >= 0.6 is 0 Å². The van der Waals surface area contributed by atoms with Gasteiger partial charge in [-0.05, 0) is 24.8 Å². The van der Waals surface area contributed by atoms with Gasteiger partial charge in [0.05, 0.1) is 6.04 Å². The van der Waals surface area contributed by atoms with Gasteiger partial charge in [-0.1, -0.05) is 37.3 Å². The maximum atomic E-state index is 12.5. The molecule has 1 aliphatic heterocycles. The molecule has 1 aromatic rings. The van der Waals surface area contributed by atoms with E-state index in [-0.39, 0.29) is 17.9 Å². The van der Waals surface area contributed by atoms with Crippen molar-refractivity contribution in [1.29, 1.82) is 0 Å². The first-order chi connectivity index (χ1) is 11.4. The van der Waals surface area contributed by atoms with Crippen LogP contribution in [0.1, 0.15) is 37.8 Å². The zero-order valence-electron chi connectivity index (χ0n) is 14.6. The molecule has 2 rings (SSSR count). The smallest absolute Gasteiger partial charge is 0.281 e. The van der Waals surface area contributed by atoms with E-state index in [9.17, 15) is 13.2 Å². The lowest BCUT2D eigenvalue weighted by molar-refractivity contribution is -0.126. The highest BCUT2D eigenvalue weighted by atomic mass is 32.2. The number of hydrogen-bond donors (Lipinski definition) is 1. The Morgan fingerprint density at radius 2 is 1.83 bits per heavy atom. The molecule has 0 saturated carbocycles. The van der Waals surface area contributed by atoms with Gasteiger partial charge in [-0.2, -0.15) is 17.0 Å². The average Bonchev–Trinajstić information content (AvgIpc) is 2.60. The molecule has 6 nitrogen and oxygen atoms in total. The number of amides is 1. The molecule has 0 aromatic heterocycles. The molecule has 1 atom stereocenters. The summed E-state index contributed by atoms with van der Waals surface area (Å²) in [6.07, 6.45) is 1.94. The third kappa shape index (κ3) is 4.34. The second-order valence-electron chi connectivity index (χ2n) is 6.34. The van der Waals surface area contributed by atoms with E-state index in [4.69, 9.17) is 0 Å². The number of nitrogens with one attached hydrogen (secondary N) is 1. The highest BCUT2D eigenvalue weighted by Gasteiger charge is 2.32. The summed E-state index contributed by atoms with van der Waals surface area (Å²) in [6, 6.07) is 9.92. The first-order valence-corrected chi connectivity index (χ1v) is 9.79. The highest BCUT2D eigenvalue weighted by Crippen LogP contribution is 2.23. The second-order valence-corrected chi connectivity index (χ2v) is 8.49. The minimum absolute atomic E-state index is 0.00207. The zero-order valence-corrected chi connectivity index (χ0v) is 15.4. The molecular weight excluding hydrogens is 326 g/mol. The van der Waals surface area contributed by atoms with E-state index < -0.39 is 10.2 Å². The molecule has 1 aliphatic rings. The van der Waals surface area contributed by atoms with Gasteiger partial charge in [-0.3, -0.25) is 4.79 Å². The van der Waals surface area contributed by atoms with Crippen molar-refractivity contribution < 1.29 is 13.2 Å². The summed E-state index contributed by atoms with van der Waals surface area (Å²) in [5.41, 5.74) is 1.10. The lowest BCUT2D eigenvalue weighted by atomic mass is 9.96. The fourth-order valence-corrected chi connectivity index (χ4v) is 4.11. The van der Waals surface area contributed by atoms with Gasteiger partial charge in [0.1, 0.15) is 0 Å².